The smallest absolute Gasteiger partial charge is 0.411 e. The molecular formula is C31H36N2O3. The van der Waals surface area contributed by atoms with Crippen LogP contribution in [0, 0.1) is 0 Å². The van der Waals surface area contributed by atoms with Crippen molar-refractivity contribution in [1.82, 2.24) is 9.80 Å². The molecule has 2 fully saturated rings. The number of carbonyl (C=O) groups is 1. The summed E-state index contributed by atoms with van der Waals surface area (Å²) in [6, 6.07) is 31.5. The Morgan fingerprint density at radius 3 is 1.94 bits per heavy atom. The highest BCUT2D eigenvalue weighted by Gasteiger charge is 2.52. The highest BCUT2D eigenvalue weighted by molar-refractivity contribution is 5.67. The number of nitrogens with zero attached hydrogens (tertiary/aromatic N) is 2. The first-order chi connectivity index (χ1) is 17.6. The third kappa shape index (κ3) is 4.42. The lowest BCUT2D eigenvalue weighted by Gasteiger charge is -2.41. The molecule has 3 aromatic rings. The van der Waals surface area contributed by atoms with Crippen molar-refractivity contribution in [1.29, 1.82) is 0 Å². The molecular weight excluding hydrogens is 448 g/mol. The number of ether oxygens (including phenoxy) is 2. The number of rotatable bonds is 8. The Hall–Kier alpha value is -3.15. The number of hydrogen-bond donors (Lipinski definition) is 0. The SMILES string of the molecule is CCN(C)C(=O)O[C@H]1CC[C@@]2(COC(c3ccccc3)(c3ccccc3)c3ccccc3)CCCN12. The van der Waals surface area contributed by atoms with Crippen molar-refractivity contribution in [3.8, 4) is 0 Å². The van der Waals surface area contributed by atoms with Gasteiger partial charge in [0.1, 0.15) is 5.60 Å². The average Bonchev–Trinajstić information content (AvgIpc) is 3.50. The van der Waals surface area contributed by atoms with Crippen LogP contribution in [0.1, 0.15) is 49.3 Å². The lowest BCUT2D eigenvalue weighted by Crippen LogP contribution is -2.49. The Bertz CT molecular complexity index is 1040. The molecule has 0 aliphatic carbocycles. The van der Waals surface area contributed by atoms with Gasteiger partial charge in [-0.15, -0.1) is 0 Å². The van der Waals surface area contributed by atoms with Crippen molar-refractivity contribution < 1.29 is 14.3 Å². The van der Waals surface area contributed by atoms with Crippen molar-refractivity contribution in [2.24, 2.45) is 0 Å². The third-order valence-corrected chi connectivity index (χ3v) is 7.98. The highest BCUT2D eigenvalue weighted by atomic mass is 16.6. The fourth-order valence-electron chi connectivity index (χ4n) is 5.92. The zero-order valence-corrected chi connectivity index (χ0v) is 21.3. The zero-order valence-electron chi connectivity index (χ0n) is 21.3. The van der Waals surface area contributed by atoms with Crippen molar-refractivity contribution in [2.45, 2.75) is 50.0 Å². The van der Waals surface area contributed by atoms with Crippen LogP contribution in [-0.4, -0.2) is 54.4 Å². The number of hydrogen-bond acceptors (Lipinski definition) is 4. The van der Waals surface area contributed by atoms with Gasteiger partial charge in [0, 0.05) is 32.1 Å². The lowest BCUT2D eigenvalue weighted by atomic mass is 9.79. The Kier molecular flexibility index (Phi) is 7.13. The molecule has 5 rings (SSSR count). The van der Waals surface area contributed by atoms with Gasteiger partial charge in [-0.2, -0.15) is 0 Å². The zero-order chi connectivity index (χ0) is 25.0. The van der Waals surface area contributed by atoms with Crippen LogP contribution in [0.2, 0.25) is 0 Å². The molecule has 5 heteroatoms. The van der Waals surface area contributed by atoms with Crippen molar-refractivity contribution >= 4 is 6.09 Å². The van der Waals surface area contributed by atoms with E-state index in [0.717, 1.165) is 48.9 Å². The van der Waals surface area contributed by atoms with Gasteiger partial charge in [-0.1, -0.05) is 91.0 Å². The van der Waals surface area contributed by atoms with Crippen LogP contribution < -0.4 is 0 Å². The third-order valence-electron chi connectivity index (χ3n) is 7.98. The van der Waals surface area contributed by atoms with E-state index in [1.54, 1.807) is 11.9 Å². The molecule has 0 aromatic heterocycles. The maximum absolute atomic E-state index is 12.5. The second-order valence-electron chi connectivity index (χ2n) is 9.98. The lowest BCUT2D eigenvalue weighted by molar-refractivity contribution is -0.0756. The second kappa shape index (κ2) is 10.5. The maximum atomic E-state index is 12.5. The van der Waals surface area contributed by atoms with Gasteiger partial charge in [0.15, 0.2) is 6.23 Å². The fraction of sp³-hybridized carbons (Fsp3) is 0.387. The van der Waals surface area contributed by atoms with Gasteiger partial charge in [-0.3, -0.25) is 4.90 Å². The Balaban J connectivity index is 1.50. The van der Waals surface area contributed by atoms with E-state index in [9.17, 15) is 4.79 Å². The minimum Gasteiger partial charge on any atom is -0.430 e. The monoisotopic (exact) mass is 484 g/mol. The number of benzene rings is 3. The summed E-state index contributed by atoms with van der Waals surface area (Å²) in [6.45, 7) is 4.07. The van der Waals surface area contributed by atoms with E-state index in [2.05, 4.69) is 77.7 Å². The highest BCUT2D eigenvalue weighted by Crippen LogP contribution is 2.47. The predicted octanol–water partition coefficient (Wildman–Crippen LogP) is 6.04. The first-order valence-electron chi connectivity index (χ1n) is 13.1. The summed E-state index contributed by atoms with van der Waals surface area (Å²) in [6.07, 6.45) is 3.46. The average molecular weight is 485 g/mol. The van der Waals surface area contributed by atoms with Gasteiger partial charge >= 0.3 is 6.09 Å². The molecule has 0 radical (unpaired) electrons. The topological polar surface area (TPSA) is 42.0 Å². The van der Waals surface area contributed by atoms with Crippen molar-refractivity contribution in [2.75, 3.05) is 26.7 Å². The first kappa shape index (κ1) is 24.5. The van der Waals surface area contributed by atoms with Gasteiger partial charge in [0.2, 0.25) is 0 Å². The second-order valence-corrected chi connectivity index (χ2v) is 9.98. The molecule has 0 bridgehead atoms. The molecule has 36 heavy (non-hydrogen) atoms. The van der Waals surface area contributed by atoms with Gasteiger partial charge in [-0.05, 0) is 42.9 Å². The van der Waals surface area contributed by atoms with Crippen LogP contribution in [0.3, 0.4) is 0 Å². The van der Waals surface area contributed by atoms with Crippen LogP contribution in [0.4, 0.5) is 4.79 Å². The summed E-state index contributed by atoms with van der Waals surface area (Å²) in [5, 5.41) is 0. The molecule has 5 nitrogen and oxygen atoms in total. The molecule has 2 aliphatic rings. The van der Waals surface area contributed by atoms with E-state index in [1.165, 1.54) is 0 Å². The maximum Gasteiger partial charge on any atom is 0.411 e. The van der Waals surface area contributed by atoms with E-state index in [4.69, 9.17) is 9.47 Å². The van der Waals surface area contributed by atoms with Crippen LogP contribution in [-0.2, 0) is 15.1 Å². The largest absolute Gasteiger partial charge is 0.430 e. The van der Waals surface area contributed by atoms with E-state index >= 15 is 0 Å². The Morgan fingerprint density at radius 2 is 1.44 bits per heavy atom. The molecule has 0 unspecified atom stereocenters. The first-order valence-corrected chi connectivity index (χ1v) is 13.1. The summed E-state index contributed by atoms with van der Waals surface area (Å²) in [7, 11) is 1.78. The molecule has 2 aliphatic heterocycles. The van der Waals surface area contributed by atoms with Crippen LogP contribution in [0.5, 0.6) is 0 Å². The summed E-state index contributed by atoms with van der Waals surface area (Å²) in [5.41, 5.74) is 2.43. The molecule has 3 aromatic carbocycles. The van der Waals surface area contributed by atoms with Crippen LogP contribution >= 0.6 is 0 Å². The predicted molar refractivity (Wildman–Crippen MR) is 142 cm³/mol. The Morgan fingerprint density at radius 1 is 0.917 bits per heavy atom. The summed E-state index contributed by atoms with van der Waals surface area (Å²) in [5.74, 6) is 0. The summed E-state index contributed by atoms with van der Waals surface area (Å²) in [4.78, 5) is 16.6. The number of carbonyl (C=O) groups excluding carboxylic acids is 1. The van der Waals surface area contributed by atoms with E-state index in [0.29, 0.717) is 13.2 Å². The molecule has 0 N–H and O–H groups in total. The van der Waals surface area contributed by atoms with Gasteiger partial charge in [0.25, 0.3) is 0 Å². The normalized spacial score (nSPS) is 21.8. The number of fused-ring (bicyclic) bond motifs is 1. The number of amides is 1. The van der Waals surface area contributed by atoms with Gasteiger partial charge in [-0.25, -0.2) is 4.79 Å². The summed E-state index contributed by atoms with van der Waals surface area (Å²) < 4.78 is 13.2. The van der Waals surface area contributed by atoms with E-state index in [-0.39, 0.29) is 17.9 Å². The molecule has 1 amide bonds. The minimum atomic E-state index is -0.746. The minimum absolute atomic E-state index is 0.140. The summed E-state index contributed by atoms with van der Waals surface area (Å²) >= 11 is 0. The molecule has 2 saturated heterocycles. The van der Waals surface area contributed by atoms with Crippen LogP contribution in [0.25, 0.3) is 0 Å². The van der Waals surface area contributed by atoms with Crippen molar-refractivity contribution in [3.63, 3.8) is 0 Å². The van der Waals surface area contributed by atoms with E-state index < -0.39 is 5.60 Å². The van der Waals surface area contributed by atoms with Gasteiger partial charge in [0.05, 0.1) is 6.61 Å². The molecule has 2 atom stereocenters. The van der Waals surface area contributed by atoms with Gasteiger partial charge < -0.3 is 14.4 Å². The van der Waals surface area contributed by atoms with Crippen LogP contribution in [0.15, 0.2) is 91.0 Å². The molecule has 0 spiro atoms. The quantitative estimate of drug-likeness (QED) is 0.366. The standard InChI is InChI=1S/C31H36N2O3/c1-3-32(2)29(34)36-28-20-22-30(21-13-23-33(28)30)24-35-31(25-14-7-4-8-15-25,26-16-9-5-10-17-26)27-18-11-6-12-19-27/h4-12,14-19,28H,3,13,20-24H2,1-2H3/t28-,30+/m0/s1. The molecule has 0 saturated carbocycles. The molecule has 188 valence electrons. The van der Waals surface area contributed by atoms with E-state index in [1.807, 2.05) is 25.1 Å². The van der Waals surface area contributed by atoms with Crippen molar-refractivity contribution in [3.05, 3.63) is 108 Å². The molecule has 2 heterocycles. The Labute approximate surface area is 214 Å². The fourth-order valence-corrected chi connectivity index (χ4v) is 5.92.